The van der Waals surface area contributed by atoms with E-state index in [4.69, 9.17) is 0 Å². The number of nitrogens with zero attached hydrogens (tertiary/aromatic N) is 2. The predicted molar refractivity (Wildman–Crippen MR) is 110 cm³/mol. The van der Waals surface area contributed by atoms with Crippen molar-refractivity contribution >= 4 is 39.3 Å². The van der Waals surface area contributed by atoms with Gasteiger partial charge in [0.1, 0.15) is 0 Å². The number of amides is 1. The maximum absolute atomic E-state index is 12.2. The molecule has 2 N–H and O–H groups in total. The number of halogens is 1. The van der Waals surface area contributed by atoms with Crippen LogP contribution in [0, 0.1) is 20.8 Å². The molecule has 0 aliphatic heterocycles. The highest BCUT2D eigenvalue weighted by Gasteiger charge is 2.11. The molecule has 0 atom stereocenters. The lowest BCUT2D eigenvalue weighted by Crippen LogP contribution is -2.15. The molecule has 1 amide bonds. The number of carbonyl (C=O) groups is 1. The topological polar surface area (TPSA) is 70.7 Å². The Balaban J connectivity index is 1.60. The molecule has 1 heterocycles. The molecule has 0 saturated carbocycles. The number of thioether (sulfide) groups is 1. The molecule has 7 heteroatoms. The van der Waals surface area contributed by atoms with Crippen molar-refractivity contribution in [3.8, 4) is 11.4 Å². The van der Waals surface area contributed by atoms with Crippen molar-refractivity contribution in [1.29, 1.82) is 0 Å². The van der Waals surface area contributed by atoms with E-state index in [9.17, 15) is 4.79 Å². The Hall–Kier alpha value is -2.12. The second kappa shape index (κ2) is 8.05. The first kappa shape index (κ1) is 18.7. The standard InChI is InChI=1S/C19H19BrN4OS/c1-11-4-6-14(7-5-11)18-22-19(24-23-18)26-10-17(25)21-16-9-8-15(20)12(2)13(16)3/h4-9H,10H2,1-3H3,(H,21,25)(H,22,23,24). The Morgan fingerprint density at radius 1 is 1.12 bits per heavy atom. The lowest BCUT2D eigenvalue weighted by atomic mass is 10.1. The van der Waals surface area contributed by atoms with Crippen LogP contribution in [0.3, 0.4) is 0 Å². The van der Waals surface area contributed by atoms with E-state index in [1.165, 1.54) is 17.3 Å². The molecule has 0 bridgehead atoms. The van der Waals surface area contributed by atoms with Crippen molar-refractivity contribution in [2.45, 2.75) is 25.9 Å². The first-order chi connectivity index (χ1) is 12.4. The fourth-order valence-electron chi connectivity index (χ4n) is 2.39. The van der Waals surface area contributed by atoms with Gasteiger partial charge in [0, 0.05) is 15.7 Å². The van der Waals surface area contributed by atoms with Crippen LogP contribution in [0.15, 0.2) is 46.0 Å². The predicted octanol–water partition coefficient (Wildman–Crippen LogP) is 4.89. The number of carbonyl (C=O) groups excluding carboxylic acids is 1. The van der Waals surface area contributed by atoms with Crippen LogP contribution in [0.4, 0.5) is 5.69 Å². The number of hydrogen-bond acceptors (Lipinski definition) is 4. The summed E-state index contributed by atoms with van der Waals surface area (Å²) in [6.45, 7) is 6.05. The molecule has 2 aromatic carbocycles. The largest absolute Gasteiger partial charge is 0.325 e. The third kappa shape index (κ3) is 4.34. The second-order valence-electron chi connectivity index (χ2n) is 6.01. The van der Waals surface area contributed by atoms with Gasteiger partial charge in [-0.25, -0.2) is 4.98 Å². The van der Waals surface area contributed by atoms with Crippen LogP contribution in [-0.4, -0.2) is 26.8 Å². The van der Waals surface area contributed by atoms with Gasteiger partial charge < -0.3 is 5.32 Å². The summed E-state index contributed by atoms with van der Waals surface area (Å²) in [7, 11) is 0. The van der Waals surface area contributed by atoms with E-state index in [0.717, 1.165) is 26.9 Å². The first-order valence-corrected chi connectivity index (χ1v) is 9.89. The van der Waals surface area contributed by atoms with Gasteiger partial charge >= 0.3 is 0 Å². The molecule has 134 valence electrons. The normalized spacial score (nSPS) is 10.8. The van der Waals surface area contributed by atoms with E-state index < -0.39 is 0 Å². The minimum Gasteiger partial charge on any atom is -0.325 e. The van der Waals surface area contributed by atoms with E-state index >= 15 is 0 Å². The highest BCUT2D eigenvalue weighted by molar-refractivity contribution is 9.10. The van der Waals surface area contributed by atoms with E-state index in [1.807, 2.05) is 57.2 Å². The summed E-state index contributed by atoms with van der Waals surface area (Å²) >= 11 is 4.80. The van der Waals surface area contributed by atoms with Gasteiger partial charge in [-0.05, 0) is 44.0 Å². The van der Waals surface area contributed by atoms with Gasteiger partial charge in [-0.1, -0.05) is 57.5 Å². The minimum atomic E-state index is -0.0819. The van der Waals surface area contributed by atoms with Crippen molar-refractivity contribution in [3.63, 3.8) is 0 Å². The Bertz CT molecular complexity index is 937. The van der Waals surface area contributed by atoms with E-state index in [-0.39, 0.29) is 11.7 Å². The average Bonchev–Trinajstić information content (AvgIpc) is 3.10. The fourth-order valence-corrected chi connectivity index (χ4v) is 3.42. The van der Waals surface area contributed by atoms with Crippen molar-refractivity contribution < 1.29 is 4.79 Å². The number of anilines is 1. The maximum Gasteiger partial charge on any atom is 0.234 e. The Morgan fingerprint density at radius 3 is 2.58 bits per heavy atom. The monoisotopic (exact) mass is 430 g/mol. The van der Waals surface area contributed by atoms with Gasteiger partial charge in [0.15, 0.2) is 5.82 Å². The highest BCUT2D eigenvalue weighted by Crippen LogP contribution is 2.26. The molecule has 0 fully saturated rings. The van der Waals surface area contributed by atoms with Crippen LogP contribution in [0.1, 0.15) is 16.7 Å². The van der Waals surface area contributed by atoms with E-state index in [0.29, 0.717) is 11.0 Å². The summed E-state index contributed by atoms with van der Waals surface area (Å²) in [4.78, 5) is 16.7. The molecule has 3 rings (SSSR count). The first-order valence-electron chi connectivity index (χ1n) is 8.12. The van der Waals surface area contributed by atoms with Crippen LogP contribution in [0.2, 0.25) is 0 Å². The SMILES string of the molecule is Cc1ccc(-c2nc(SCC(=O)Nc3ccc(Br)c(C)c3C)n[nH]2)cc1. The molecule has 26 heavy (non-hydrogen) atoms. The van der Waals surface area contributed by atoms with Gasteiger partial charge in [-0.3, -0.25) is 9.89 Å². The number of H-pyrrole nitrogens is 1. The lowest BCUT2D eigenvalue weighted by molar-refractivity contribution is -0.113. The van der Waals surface area contributed by atoms with Crippen LogP contribution >= 0.6 is 27.7 Å². The number of benzene rings is 2. The molecule has 0 radical (unpaired) electrons. The van der Waals surface area contributed by atoms with Crippen LogP contribution in [-0.2, 0) is 4.79 Å². The van der Waals surface area contributed by atoms with Gasteiger partial charge in [-0.15, -0.1) is 5.10 Å². The van der Waals surface area contributed by atoms with Crippen molar-refractivity contribution in [3.05, 3.63) is 57.6 Å². The average molecular weight is 431 g/mol. The van der Waals surface area contributed by atoms with Crippen molar-refractivity contribution in [1.82, 2.24) is 15.2 Å². The van der Waals surface area contributed by atoms with Gasteiger partial charge in [-0.2, -0.15) is 0 Å². The van der Waals surface area contributed by atoms with E-state index in [1.54, 1.807) is 0 Å². The number of aromatic nitrogens is 3. The summed E-state index contributed by atoms with van der Waals surface area (Å²) in [6.07, 6.45) is 0. The number of rotatable bonds is 5. The zero-order valence-corrected chi connectivity index (χ0v) is 17.2. The summed E-state index contributed by atoms with van der Waals surface area (Å²) in [6, 6.07) is 11.9. The number of aryl methyl sites for hydroxylation is 1. The van der Waals surface area contributed by atoms with E-state index in [2.05, 4.69) is 36.4 Å². The summed E-state index contributed by atoms with van der Waals surface area (Å²) in [5.74, 6) is 0.869. The van der Waals surface area contributed by atoms with Gasteiger partial charge in [0.05, 0.1) is 5.75 Å². The van der Waals surface area contributed by atoms with Crippen LogP contribution < -0.4 is 5.32 Å². The Labute approximate surface area is 165 Å². The summed E-state index contributed by atoms with van der Waals surface area (Å²) in [5, 5.41) is 10.6. The van der Waals surface area contributed by atoms with Crippen molar-refractivity contribution in [2.24, 2.45) is 0 Å². The molecule has 0 aliphatic carbocycles. The fraction of sp³-hybridized carbons (Fsp3) is 0.211. The number of nitrogens with one attached hydrogen (secondary N) is 2. The molecule has 0 aliphatic rings. The Kier molecular flexibility index (Phi) is 5.78. The molecule has 0 saturated heterocycles. The smallest absolute Gasteiger partial charge is 0.234 e. The van der Waals surface area contributed by atoms with Gasteiger partial charge in [0.2, 0.25) is 11.1 Å². The molecule has 5 nitrogen and oxygen atoms in total. The summed E-state index contributed by atoms with van der Waals surface area (Å²) < 4.78 is 1.03. The quantitative estimate of drug-likeness (QED) is 0.565. The second-order valence-corrected chi connectivity index (χ2v) is 7.81. The number of hydrogen-bond donors (Lipinski definition) is 2. The number of aromatic amines is 1. The third-order valence-corrected chi connectivity index (χ3v) is 5.82. The molecular weight excluding hydrogens is 412 g/mol. The van der Waals surface area contributed by atoms with Gasteiger partial charge in [0.25, 0.3) is 0 Å². The van der Waals surface area contributed by atoms with Crippen LogP contribution in [0.5, 0.6) is 0 Å². The Morgan fingerprint density at radius 2 is 1.85 bits per heavy atom. The maximum atomic E-state index is 12.2. The minimum absolute atomic E-state index is 0.0819. The van der Waals surface area contributed by atoms with Crippen molar-refractivity contribution in [2.75, 3.05) is 11.1 Å². The molecule has 3 aromatic rings. The molecule has 0 unspecified atom stereocenters. The van der Waals surface area contributed by atoms with Crippen LogP contribution in [0.25, 0.3) is 11.4 Å². The third-order valence-electron chi connectivity index (χ3n) is 4.12. The zero-order chi connectivity index (χ0) is 18.7. The molecular formula is C19H19BrN4OS. The summed E-state index contributed by atoms with van der Waals surface area (Å²) in [5.41, 5.74) is 5.16. The zero-order valence-electron chi connectivity index (χ0n) is 14.8. The lowest BCUT2D eigenvalue weighted by Gasteiger charge is -2.11. The molecule has 1 aromatic heterocycles. The molecule has 0 spiro atoms. The highest BCUT2D eigenvalue weighted by atomic mass is 79.9.